The molecule has 0 aromatic heterocycles. The van der Waals surface area contributed by atoms with E-state index in [4.69, 9.17) is 5.10 Å². The predicted molar refractivity (Wildman–Crippen MR) is 108 cm³/mol. The summed E-state index contributed by atoms with van der Waals surface area (Å²) in [7, 11) is 2.00. The number of aryl methyl sites for hydroxylation is 1. The van der Waals surface area contributed by atoms with Gasteiger partial charge in [0, 0.05) is 18.7 Å². The van der Waals surface area contributed by atoms with E-state index >= 15 is 0 Å². The van der Waals surface area contributed by atoms with E-state index in [2.05, 4.69) is 80.8 Å². The summed E-state index contributed by atoms with van der Waals surface area (Å²) in [4.78, 5) is 0. The molecule has 0 radical (unpaired) electrons. The smallest absolute Gasteiger partial charge is 0.212 e. The molecule has 0 aliphatic carbocycles. The van der Waals surface area contributed by atoms with Crippen LogP contribution in [0.2, 0.25) is 0 Å². The summed E-state index contributed by atoms with van der Waals surface area (Å²) in [5.41, 5.74) is 6.32. The van der Waals surface area contributed by atoms with Crippen molar-refractivity contribution in [2.24, 2.45) is 5.10 Å². The molecule has 25 heavy (non-hydrogen) atoms. The molecule has 0 fully saturated rings. The van der Waals surface area contributed by atoms with E-state index in [9.17, 15) is 0 Å². The fourth-order valence-electron chi connectivity index (χ4n) is 3.57. The molecule has 1 aliphatic rings. The van der Waals surface area contributed by atoms with E-state index in [1.54, 1.807) is 0 Å². The SMILES string of the molecule is CCc1ccc(N(C)/N=C\C2=[N+](CC)c3ccccc3C2(C)C)cc1. The Balaban J connectivity index is 1.91. The van der Waals surface area contributed by atoms with Gasteiger partial charge in [-0.3, -0.25) is 5.01 Å². The van der Waals surface area contributed by atoms with Gasteiger partial charge in [0.25, 0.3) is 0 Å². The van der Waals surface area contributed by atoms with Gasteiger partial charge in [-0.2, -0.15) is 9.68 Å². The highest BCUT2D eigenvalue weighted by Gasteiger charge is 2.44. The lowest BCUT2D eigenvalue weighted by molar-refractivity contribution is -0.431. The Hall–Kier alpha value is -2.42. The van der Waals surface area contributed by atoms with Crippen LogP contribution in [0.3, 0.4) is 0 Å². The molecule has 1 heterocycles. The highest BCUT2D eigenvalue weighted by molar-refractivity contribution is 6.33. The maximum atomic E-state index is 4.74. The number of hydrogen-bond donors (Lipinski definition) is 0. The van der Waals surface area contributed by atoms with Crippen molar-refractivity contribution in [3.8, 4) is 0 Å². The average Bonchev–Trinajstić information content (AvgIpc) is 2.86. The third kappa shape index (κ3) is 3.11. The minimum atomic E-state index is -0.0387. The standard InChI is InChI=1S/C22H28N3/c1-6-17-12-14-18(15-13-17)24(5)23-16-21-22(3,4)19-10-8-9-11-20(19)25(21)7-2/h8-16H,6-7H2,1-5H3/q+1. The van der Waals surface area contributed by atoms with Crippen molar-refractivity contribution >= 4 is 23.3 Å². The van der Waals surface area contributed by atoms with Gasteiger partial charge in [-0.25, -0.2) is 0 Å². The summed E-state index contributed by atoms with van der Waals surface area (Å²) in [5.74, 6) is 0. The second-order valence-corrected chi connectivity index (χ2v) is 7.06. The van der Waals surface area contributed by atoms with Gasteiger partial charge >= 0.3 is 0 Å². The molecule has 2 aromatic carbocycles. The van der Waals surface area contributed by atoms with E-state index in [-0.39, 0.29) is 5.41 Å². The molecule has 3 nitrogen and oxygen atoms in total. The third-order valence-electron chi connectivity index (χ3n) is 5.19. The van der Waals surface area contributed by atoms with Gasteiger partial charge in [-0.1, -0.05) is 37.3 Å². The van der Waals surface area contributed by atoms with Crippen LogP contribution in [0.4, 0.5) is 11.4 Å². The van der Waals surface area contributed by atoms with Gasteiger partial charge in [-0.05, 0) is 44.9 Å². The highest BCUT2D eigenvalue weighted by atomic mass is 15.4. The van der Waals surface area contributed by atoms with Crippen LogP contribution >= 0.6 is 0 Å². The zero-order chi connectivity index (χ0) is 18.0. The number of para-hydroxylation sites is 1. The van der Waals surface area contributed by atoms with Crippen molar-refractivity contribution in [3.05, 3.63) is 59.7 Å². The maximum absolute atomic E-state index is 4.74. The topological polar surface area (TPSA) is 18.6 Å². The van der Waals surface area contributed by atoms with E-state index in [1.807, 2.05) is 18.3 Å². The normalized spacial score (nSPS) is 15.7. The Kier molecular flexibility index (Phi) is 4.76. The Morgan fingerprint density at radius 1 is 1.04 bits per heavy atom. The summed E-state index contributed by atoms with van der Waals surface area (Å²) >= 11 is 0. The minimum absolute atomic E-state index is 0.0387. The molecule has 0 N–H and O–H groups in total. The molecule has 0 atom stereocenters. The first-order chi connectivity index (χ1) is 12.0. The van der Waals surface area contributed by atoms with Crippen molar-refractivity contribution < 1.29 is 4.58 Å². The van der Waals surface area contributed by atoms with Crippen molar-refractivity contribution in [1.82, 2.24) is 0 Å². The third-order valence-corrected chi connectivity index (χ3v) is 5.19. The van der Waals surface area contributed by atoms with Crippen LogP contribution in [-0.4, -0.2) is 30.1 Å². The summed E-state index contributed by atoms with van der Waals surface area (Å²) in [5, 5.41) is 6.68. The molecule has 0 saturated carbocycles. The molecule has 0 unspecified atom stereocenters. The number of hydrogen-bond acceptors (Lipinski definition) is 2. The predicted octanol–water partition coefficient (Wildman–Crippen LogP) is 4.77. The second kappa shape index (κ2) is 6.83. The van der Waals surface area contributed by atoms with Crippen LogP contribution in [0, 0.1) is 0 Å². The van der Waals surface area contributed by atoms with Crippen molar-refractivity contribution in [3.63, 3.8) is 0 Å². The van der Waals surface area contributed by atoms with Crippen LogP contribution < -0.4 is 5.01 Å². The molecule has 0 bridgehead atoms. The Bertz CT molecular complexity index is 813. The number of rotatable bonds is 5. The number of anilines is 1. The molecule has 0 amide bonds. The van der Waals surface area contributed by atoms with Crippen LogP contribution in [0.25, 0.3) is 0 Å². The lowest BCUT2D eigenvalue weighted by Crippen LogP contribution is -2.31. The first kappa shape index (κ1) is 17.4. The Morgan fingerprint density at radius 3 is 2.36 bits per heavy atom. The molecule has 130 valence electrons. The van der Waals surface area contributed by atoms with E-state index in [0.717, 1.165) is 18.7 Å². The van der Waals surface area contributed by atoms with Gasteiger partial charge in [0.05, 0.1) is 11.1 Å². The van der Waals surface area contributed by atoms with Crippen molar-refractivity contribution in [2.75, 3.05) is 18.6 Å². The monoisotopic (exact) mass is 334 g/mol. The quantitative estimate of drug-likeness (QED) is 0.438. The fraction of sp³-hybridized carbons (Fsp3) is 0.364. The lowest BCUT2D eigenvalue weighted by atomic mass is 9.82. The first-order valence-electron chi connectivity index (χ1n) is 9.10. The van der Waals surface area contributed by atoms with Gasteiger partial charge < -0.3 is 0 Å². The molecule has 1 aliphatic heterocycles. The number of hydrazone groups is 1. The number of nitrogens with zero attached hydrogens (tertiary/aromatic N) is 3. The summed E-state index contributed by atoms with van der Waals surface area (Å²) in [6.07, 6.45) is 3.08. The summed E-state index contributed by atoms with van der Waals surface area (Å²) in [6, 6.07) is 17.3. The number of benzene rings is 2. The highest BCUT2D eigenvalue weighted by Crippen LogP contribution is 2.38. The average molecular weight is 334 g/mol. The fourth-order valence-corrected chi connectivity index (χ4v) is 3.57. The zero-order valence-electron chi connectivity index (χ0n) is 16.0. The van der Waals surface area contributed by atoms with E-state index < -0.39 is 0 Å². The van der Waals surface area contributed by atoms with Crippen molar-refractivity contribution in [2.45, 2.75) is 39.5 Å². The lowest BCUT2D eigenvalue weighted by Gasteiger charge is -2.17. The molecular weight excluding hydrogens is 306 g/mol. The maximum Gasteiger partial charge on any atom is 0.212 e. The second-order valence-electron chi connectivity index (χ2n) is 7.06. The van der Waals surface area contributed by atoms with Gasteiger partial charge in [0.2, 0.25) is 11.4 Å². The molecule has 2 aromatic rings. The Morgan fingerprint density at radius 2 is 1.72 bits per heavy atom. The molecular formula is C22H28N3+. The molecule has 3 heteroatoms. The van der Waals surface area contributed by atoms with Crippen LogP contribution in [0.1, 0.15) is 38.8 Å². The minimum Gasteiger partial charge on any atom is -0.268 e. The largest absolute Gasteiger partial charge is 0.268 e. The zero-order valence-corrected chi connectivity index (χ0v) is 16.0. The van der Waals surface area contributed by atoms with Gasteiger partial charge in [0.15, 0.2) is 0 Å². The van der Waals surface area contributed by atoms with E-state index in [0.29, 0.717) is 0 Å². The molecule has 3 rings (SSSR count). The molecule has 0 saturated heterocycles. The Labute approximate surface area is 151 Å². The van der Waals surface area contributed by atoms with Gasteiger partial charge in [-0.15, -0.1) is 0 Å². The summed E-state index contributed by atoms with van der Waals surface area (Å²) in [6.45, 7) is 9.86. The molecule has 0 spiro atoms. The van der Waals surface area contributed by atoms with Crippen LogP contribution in [-0.2, 0) is 11.8 Å². The van der Waals surface area contributed by atoms with Crippen LogP contribution in [0.5, 0.6) is 0 Å². The summed E-state index contributed by atoms with van der Waals surface area (Å²) < 4.78 is 2.37. The van der Waals surface area contributed by atoms with Crippen LogP contribution in [0.15, 0.2) is 53.6 Å². The van der Waals surface area contributed by atoms with Gasteiger partial charge in [0.1, 0.15) is 12.8 Å². The van der Waals surface area contributed by atoms with E-state index in [1.165, 1.54) is 22.5 Å². The van der Waals surface area contributed by atoms with Crippen molar-refractivity contribution in [1.29, 1.82) is 0 Å². The number of fused-ring (bicyclic) bond motifs is 1. The first-order valence-corrected chi connectivity index (χ1v) is 9.10.